The molecule has 27 heavy (non-hydrogen) atoms. The molecule has 0 saturated heterocycles. The van der Waals surface area contributed by atoms with Gasteiger partial charge in [0.05, 0.1) is 24.9 Å². The third kappa shape index (κ3) is 2.71. The fourth-order valence-electron chi connectivity index (χ4n) is 3.28. The Morgan fingerprint density at radius 3 is 2.78 bits per heavy atom. The molecule has 1 aromatic carbocycles. The monoisotopic (exact) mass is 362 g/mol. The minimum absolute atomic E-state index is 0.262. The van der Waals surface area contributed by atoms with Crippen LogP contribution in [0.15, 0.2) is 47.5 Å². The number of H-pyrrole nitrogens is 1. The van der Waals surface area contributed by atoms with Crippen LogP contribution in [0.5, 0.6) is 11.5 Å². The smallest absolute Gasteiger partial charge is 0.332 e. The van der Waals surface area contributed by atoms with Crippen molar-refractivity contribution in [3.8, 4) is 17.2 Å². The van der Waals surface area contributed by atoms with E-state index in [1.54, 1.807) is 36.2 Å². The molecule has 1 saturated carbocycles. The molecule has 0 aliphatic heterocycles. The molecule has 0 atom stereocenters. The van der Waals surface area contributed by atoms with E-state index in [1.807, 2.05) is 18.2 Å². The number of nitrogens with one attached hydrogen (secondary N) is 1. The molecule has 0 spiro atoms. The summed E-state index contributed by atoms with van der Waals surface area (Å²) in [6.07, 6.45) is 5.75. The normalized spacial score (nSPS) is 14.0. The number of fused-ring (bicyclic) bond motifs is 2. The first kappa shape index (κ1) is 15.9. The van der Waals surface area contributed by atoms with Gasteiger partial charge in [-0.15, -0.1) is 0 Å². The van der Waals surface area contributed by atoms with Crippen molar-refractivity contribution in [2.24, 2.45) is 5.92 Å². The van der Waals surface area contributed by atoms with Crippen molar-refractivity contribution in [1.29, 1.82) is 0 Å². The van der Waals surface area contributed by atoms with Crippen LogP contribution in [0.25, 0.3) is 27.8 Å². The van der Waals surface area contributed by atoms with E-state index in [9.17, 15) is 4.79 Å². The second-order valence-electron chi connectivity index (χ2n) is 6.74. The molecule has 3 heterocycles. The number of methoxy groups -OCH3 is 1. The van der Waals surface area contributed by atoms with Gasteiger partial charge < -0.3 is 9.47 Å². The second kappa shape index (κ2) is 6.12. The van der Waals surface area contributed by atoms with Crippen LogP contribution in [0.3, 0.4) is 0 Å². The highest BCUT2D eigenvalue weighted by Gasteiger charge is 2.23. The highest BCUT2D eigenvalue weighted by atomic mass is 16.5. The number of ether oxygens (including phenoxy) is 2. The Labute approximate surface area is 154 Å². The van der Waals surface area contributed by atoms with Crippen LogP contribution >= 0.6 is 0 Å². The van der Waals surface area contributed by atoms with Gasteiger partial charge in [-0.1, -0.05) is 0 Å². The van der Waals surface area contributed by atoms with E-state index in [2.05, 4.69) is 15.0 Å². The fraction of sp³-hybridized carbons (Fsp3) is 0.250. The molecule has 1 aliphatic rings. The van der Waals surface area contributed by atoms with Gasteiger partial charge in [-0.25, -0.2) is 9.78 Å². The summed E-state index contributed by atoms with van der Waals surface area (Å²) in [6.45, 7) is 0.661. The number of imidazole rings is 1. The molecular formula is C20H18N4O3. The average Bonchev–Trinajstić information content (AvgIpc) is 3.46. The van der Waals surface area contributed by atoms with E-state index in [0.29, 0.717) is 40.9 Å². The summed E-state index contributed by atoms with van der Waals surface area (Å²) < 4.78 is 13.0. The van der Waals surface area contributed by atoms with Crippen LogP contribution in [0.4, 0.5) is 0 Å². The summed E-state index contributed by atoms with van der Waals surface area (Å²) in [5.74, 6) is 1.98. The van der Waals surface area contributed by atoms with Gasteiger partial charge in [-0.2, -0.15) is 0 Å². The first-order valence-electron chi connectivity index (χ1n) is 8.90. The van der Waals surface area contributed by atoms with Crippen LogP contribution in [0.2, 0.25) is 0 Å². The average molecular weight is 362 g/mol. The van der Waals surface area contributed by atoms with Crippen molar-refractivity contribution in [3.05, 3.63) is 53.2 Å². The molecule has 3 aromatic heterocycles. The Balaban J connectivity index is 1.71. The SMILES string of the molecule is COc1ccnc2ccc(-n3c(=O)[nH]c4nccc(OCC5CC5)c43)cc12. The minimum atomic E-state index is -0.262. The van der Waals surface area contributed by atoms with Gasteiger partial charge in [0.1, 0.15) is 17.0 Å². The molecular weight excluding hydrogens is 344 g/mol. The van der Waals surface area contributed by atoms with Gasteiger partial charge in [-0.05, 0) is 43.0 Å². The van der Waals surface area contributed by atoms with Gasteiger partial charge in [0.2, 0.25) is 0 Å². The fourth-order valence-corrected chi connectivity index (χ4v) is 3.28. The van der Waals surface area contributed by atoms with Gasteiger partial charge in [0, 0.05) is 23.8 Å². The molecule has 0 amide bonds. The molecule has 5 rings (SSSR count). The Hall–Kier alpha value is -3.35. The zero-order valence-corrected chi connectivity index (χ0v) is 14.8. The first-order valence-corrected chi connectivity index (χ1v) is 8.90. The van der Waals surface area contributed by atoms with Gasteiger partial charge >= 0.3 is 5.69 Å². The number of nitrogens with zero attached hydrogens (tertiary/aromatic N) is 3. The highest BCUT2D eigenvalue weighted by Crippen LogP contribution is 2.32. The standard InChI is InChI=1S/C20H18N4O3/c1-26-16-6-8-21-15-5-4-13(10-14(15)16)24-18-17(27-11-12-2-3-12)7-9-22-19(18)23-20(24)25/h4-10,12H,2-3,11H2,1H3,(H,22,23,25). The minimum Gasteiger partial charge on any atom is -0.496 e. The Morgan fingerprint density at radius 2 is 1.96 bits per heavy atom. The molecule has 7 nitrogen and oxygen atoms in total. The number of pyridine rings is 2. The quantitative estimate of drug-likeness (QED) is 0.590. The Morgan fingerprint density at radius 1 is 1.15 bits per heavy atom. The third-order valence-corrected chi connectivity index (χ3v) is 4.87. The maximum Gasteiger partial charge on any atom is 0.332 e. The lowest BCUT2D eigenvalue weighted by molar-refractivity contribution is 0.302. The molecule has 7 heteroatoms. The molecule has 1 N–H and O–H groups in total. The van der Waals surface area contributed by atoms with Gasteiger partial charge in [-0.3, -0.25) is 14.5 Å². The van der Waals surface area contributed by atoms with Crippen molar-refractivity contribution in [1.82, 2.24) is 19.5 Å². The molecule has 0 unspecified atom stereocenters. The van der Waals surface area contributed by atoms with Crippen molar-refractivity contribution in [3.63, 3.8) is 0 Å². The molecule has 4 aromatic rings. The van der Waals surface area contributed by atoms with E-state index in [0.717, 1.165) is 10.9 Å². The molecule has 0 radical (unpaired) electrons. The van der Waals surface area contributed by atoms with Crippen LogP contribution in [-0.2, 0) is 0 Å². The molecule has 0 bridgehead atoms. The number of benzene rings is 1. The van der Waals surface area contributed by atoms with E-state index in [4.69, 9.17) is 9.47 Å². The first-order chi connectivity index (χ1) is 13.2. The number of rotatable bonds is 5. The number of hydrogen-bond donors (Lipinski definition) is 1. The zero-order chi connectivity index (χ0) is 18.4. The van der Waals surface area contributed by atoms with Gasteiger partial charge in [0.25, 0.3) is 0 Å². The molecule has 136 valence electrons. The largest absolute Gasteiger partial charge is 0.496 e. The van der Waals surface area contributed by atoms with Gasteiger partial charge in [0.15, 0.2) is 5.65 Å². The number of aromatic nitrogens is 4. The number of aromatic amines is 1. The van der Waals surface area contributed by atoms with Crippen LogP contribution in [0.1, 0.15) is 12.8 Å². The van der Waals surface area contributed by atoms with E-state index in [1.165, 1.54) is 12.8 Å². The summed E-state index contributed by atoms with van der Waals surface area (Å²) in [7, 11) is 1.62. The summed E-state index contributed by atoms with van der Waals surface area (Å²) in [5, 5.41) is 0.836. The second-order valence-corrected chi connectivity index (χ2v) is 6.74. The predicted molar refractivity (Wildman–Crippen MR) is 102 cm³/mol. The molecule has 1 fully saturated rings. The summed E-state index contributed by atoms with van der Waals surface area (Å²) in [5.41, 5.74) is 2.39. The molecule has 1 aliphatic carbocycles. The lowest BCUT2D eigenvalue weighted by Gasteiger charge is -2.11. The Bertz CT molecular complexity index is 1210. The predicted octanol–water partition coefficient (Wildman–Crippen LogP) is 3.06. The maximum absolute atomic E-state index is 12.7. The zero-order valence-electron chi connectivity index (χ0n) is 14.8. The van der Waals surface area contributed by atoms with E-state index in [-0.39, 0.29) is 5.69 Å². The van der Waals surface area contributed by atoms with Crippen molar-refractivity contribution in [2.45, 2.75) is 12.8 Å². The number of hydrogen-bond acceptors (Lipinski definition) is 5. The van der Waals surface area contributed by atoms with Crippen LogP contribution < -0.4 is 15.2 Å². The third-order valence-electron chi connectivity index (χ3n) is 4.87. The van der Waals surface area contributed by atoms with Crippen molar-refractivity contribution < 1.29 is 9.47 Å². The lowest BCUT2D eigenvalue weighted by Crippen LogP contribution is -2.15. The topological polar surface area (TPSA) is 82.0 Å². The van der Waals surface area contributed by atoms with Crippen molar-refractivity contribution in [2.75, 3.05) is 13.7 Å². The van der Waals surface area contributed by atoms with Crippen molar-refractivity contribution >= 4 is 22.1 Å². The maximum atomic E-state index is 12.7. The van der Waals surface area contributed by atoms with Crippen LogP contribution in [0, 0.1) is 5.92 Å². The van der Waals surface area contributed by atoms with E-state index >= 15 is 0 Å². The van der Waals surface area contributed by atoms with Crippen LogP contribution in [-0.4, -0.2) is 33.2 Å². The summed E-state index contributed by atoms with van der Waals surface area (Å²) >= 11 is 0. The Kier molecular flexibility index (Phi) is 3.60. The summed E-state index contributed by atoms with van der Waals surface area (Å²) in [6, 6.07) is 9.24. The lowest BCUT2D eigenvalue weighted by atomic mass is 10.2. The highest BCUT2D eigenvalue weighted by molar-refractivity contribution is 5.88. The summed E-state index contributed by atoms with van der Waals surface area (Å²) in [4.78, 5) is 24.2. The van der Waals surface area contributed by atoms with E-state index < -0.39 is 0 Å².